The highest BCUT2D eigenvalue weighted by atomic mass is 35.5. The molecule has 1 heterocycles. The number of para-hydroxylation sites is 1. The third-order valence-corrected chi connectivity index (χ3v) is 2.67. The first kappa shape index (κ1) is 12.3. The summed E-state index contributed by atoms with van der Waals surface area (Å²) < 4.78 is 0. The van der Waals surface area contributed by atoms with Crippen LogP contribution in [-0.2, 0) is 0 Å². The Balaban J connectivity index is 2.25. The monoisotopic (exact) mass is 262 g/mol. The van der Waals surface area contributed by atoms with Crippen LogP contribution >= 0.6 is 11.6 Å². The van der Waals surface area contributed by atoms with E-state index in [4.69, 9.17) is 17.4 Å². The Morgan fingerprint density at radius 1 is 1.22 bits per heavy atom. The lowest BCUT2D eigenvalue weighted by Crippen LogP contribution is -2.17. The van der Waals surface area contributed by atoms with Gasteiger partial charge in [0.2, 0.25) is 0 Å². The van der Waals surface area contributed by atoms with Gasteiger partial charge in [0, 0.05) is 6.20 Å². The molecule has 0 atom stereocenters. The number of pyridine rings is 1. The zero-order chi connectivity index (χ0) is 13.0. The Labute approximate surface area is 109 Å². The van der Waals surface area contributed by atoms with E-state index in [0.29, 0.717) is 22.0 Å². The summed E-state index contributed by atoms with van der Waals surface area (Å²) in [6.07, 6.45) is 2.99. The summed E-state index contributed by atoms with van der Waals surface area (Å²) in [5.74, 6) is 5.01. The lowest BCUT2D eigenvalue weighted by Gasteiger charge is -2.09. The van der Waals surface area contributed by atoms with Gasteiger partial charge in [-0.2, -0.15) is 0 Å². The Bertz CT molecular complexity index is 574. The molecule has 1 aromatic carbocycles. The number of aromatic nitrogens is 1. The van der Waals surface area contributed by atoms with Crippen molar-refractivity contribution in [1.29, 1.82) is 0 Å². The Morgan fingerprint density at radius 3 is 2.72 bits per heavy atom. The molecule has 0 saturated heterocycles. The van der Waals surface area contributed by atoms with Gasteiger partial charge in [-0.25, -0.2) is 0 Å². The van der Waals surface area contributed by atoms with Crippen molar-refractivity contribution in [2.24, 2.45) is 5.84 Å². The van der Waals surface area contributed by atoms with Crippen LogP contribution < -0.4 is 16.6 Å². The number of halogens is 1. The molecule has 0 aliphatic heterocycles. The fraction of sp³-hybridized carbons (Fsp3) is 0. The lowest BCUT2D eigenvalue weighted by atomic mass is 10.2. The highest BCUT2D eigenvalue weighted by molar-refractivity contribution is 6.34. The van der Waals surface area contributed by atoms with Crippen molar-refractivity contribution >= 4 is 28.9 Å². The summed E-state index contributed by atoms with van der Waals surface area (Å²) in [6.45, 7) is 0. The zero-order valence-corrected chi connectivity index (χ0v) is 10.1. The molecular weight excluding hydrogens is 252 g/mol. The number of hydrogen-bond donors (Lipinski definition) is 3. The van der Waals surface area contributed by atoms with Gasteiger partial charge in [0.25, 0.3) is 5.91 Å². The van der Waals surface area contributed by atoms with Gasteiger partial charge in [0.1, 0.15) is 0 Å². The van der Waals surface area contributed by atoms with Crippen LogP contribution in [0.2, 0.25) is 5.02 Å². The number of hydrogen-bond acceptors (Lipinski definition) is 4. The summed E-state index contributed by atoms with van der Waals surface area (Å²) in [7, 11) is 0. The van der Waals surface area contributed by atoms with Gasteiger partial charge in [-0.05, 0) is 18.2 Å². The first-order valence-electron chi connectivity index (χ1n) is 5.19. The van der Waals surface area contributed by atoms with E-state index >= 15 is 0 Å². The molecule has 0 aliphatic rings. The van der Waals surface area contributed by atoms with E-state index in [2.05, 4.69) is 15.7 Å². The number of benzene rings is 1. The second kappa shape index (κ2) is 5.48. The maximum atomic E-state index is 12.1. The van der Waals surface area contributed by atoms with Crippen molar-refractivity contribution in [3.63, 3.8) is 0 Å². The van der Waals surface area contributed by atoms with Crippen molar-refractivity contribution in [3.8, 4) is 0 Å². The van der Waals surface area contributed by atoms with E-state index < -0.39 is 0 Å². The SMILES string of the molecule is NNc1cnccc1C(=O)Nc1ccccc1Cl. The molecule has 0 unspecified atom stereocenters. The highest BCUT2D eigenvalue weighted by Gasteiger charge is 2.12. The van der Waals surface area contributed by atoms with Crippen LogP contribution in [0.25, 0.3) is 0 Å². The maximum absolute atomic E-state index is 12.1. The number of rotatable bonds is 3. The van der Waals surface area contributed by atoms with Crippen molar-refractivity contribution in [2.75, 3.05) is 10.7 Å². The molecular formula is C12H11ClN4O. The molecule has 1 amide bonds. The smallest absolute Gasteiger partial charge is 0.257 e. The number of nitrogens with one attached hydrogen (secondary N) is 2. The molecule has 2 aromatic rings. The van der Waals surface area contributed by atoms with Crippen LogP contribution in [0.1, 0.15) is 10.4 Å². The largest absolute Gasteiger partial charge is 0.322 e. The van der Waals surface area contributed by atoms with Gasteiger partial charge in [-0.3, -0.25) is 15.6 Å². The van der Waals surface area contributed by atoms with Crippen LogP contribution in [0.3, 0.4) is 0 Å². The fourth-order valence-corrected chi connectivity index (χ4v) is 1.64. The maximum Gasteiger partial charge on any atom is 0.257 e. The van der Waals surface area contributed by atoms with Crippen molar-refractivity contribution in [3.05, 3.63) is 53.3 Å². The van der Waals surface area contributed by atoms with Crippen LogP contribution in [0.4, 0.5) is 11.4 Å². The third-order valence-electron chi connectivity index (χ3n) is 2.34. The van der Waals surface area contributed by atoms with E-state index in [1.54, 1.807) is 30.3 Å². The van der Waals surface area contributed by atoms with E-state index in [9.17, 15) is 4.79 Å². The van der Waals surface area contributed by atoms with Gasteiger partial charge in [0.15, 0.2) is 0 Å². The minimum atomic E-state index is -0.307. The molecule has 0 bridgehead atoms. The molecule has 0 fully saturated rings. The second-order valence-electron chi connectivity index (χ2n) is 3.50. The molecule has 1 aromatic heterocycles. The predicted octanol–water partition coefficient (Wildman–Crippen LogP) is 2.27. The molecule has 5 nitrogen and oxygen atoms in total. The third kappa shape index (κ3) is 2.58. The Kier molecular flexibility index (Phi) is 3.76. The number of carbonyl (C=O) groups is 1. The molecule has 18 heavy (non-hydrogen) atoms. The number of hydrazine groups is 1. The molecule has 0 saturated carbocycles. The standard InChI is InChI=1S/C12H11ClN4O/c13-9-3-1-2-4-10(9)16-12(18)8-5-6-15-7-11(8)17-14/h1-7,17H,14H2,(H,16,18). The van der Waals surface area contributed by atoms with E-state index in [-0.39, 0.29) is 5.91 Å². The van der Waals surface area contributed by atoms with E-state index in [0.717, 1.165) is 0 Å². The highest BCUT2D eigenvalue weighted by Crippen LogP contribution is 2.22. The molecule has 6 heteroatoms. The van der Waals surface area contributed by atoms with Crippen molar-refractivity contribution in [1.82, 2.24) is 4.98 Å². The van der Waals surface area contributed by atoms with Crippen LogP contribution in [0, 0.1) is 0 Å². The number of nitrogens with two attached hydrogens (primary N) is 1. The molecule has 0 spiro atoms. The lowest BCUT2D eigenvalue weighted by molar-refractivity contribution is 0.102. The van der Waals surface area contributed by atoms with E-state index in [1.807, 2.05) is 0 Å². The normalized spacial score (nSPS) is 9.89. The topological polar surface area (TPSA) is 80.0 Å². The first-order valence-corrected chi connectivity index (χ1v) is 5.56. The molecule has 4 N–H and O–H groups in total. The predicted molar refractivity (Wildman–Crippen MR) is 71.5 cm³/mol. The average molecular weight is 263 g/mol. The van der Waals surface area contributed by atoms with Gasteiger partial charge >= 0.3 is 0 Å². The second-order valence-corrected chi connectivity index (χ2v) is 3.91. The minimum absolute atomic E-state index is 0.307. The summed E-state index contributed by atoms with van der Waals surface area (Å²) in [6, 6.07) is 8.57. The number of amides is 1. The summed E-state index contributed by atoms with van der Waals surface area (Å²) in [5, 5.41) is 3.18. The quantitative estimate of drug-likeness (QED) is 0.586. The number of nitrogens with zero attached hydrogens (tertiary/aromatic N) is 1. The van der Waals surface area contributed by atoms with Crippen molar-refractivity contribution < 1.29 is 4.79 Å². The minimum Gasteiger partial charge on any atom is -0.322 e. The van der Waals surface area contributed by atoms with Crippen LogP contribution in [0.15, 0.2) is 42.7 Å². The number of carbonyl (C=O) groups excluding carboxylic acids is 1. The summed E-state index contributed by atoms with van der Waals surface area (Å²) in [5.41, 5.74) is 3.81. The first-order chi connectivity index (χ1) is 8.72. The summed E-state index contributed by atoms with van der Waals surface area (Å²) in [4.78, 5) is 15.9. The Morgan fingerprint density at radius 2 is 2.00 bits per heavy atom. The average Bonchev–Trinajstić information content (AvgIpc) is 2.41. The molecule has 92 valence electrons. The molecule has 0 aliphatic carbocycles. The van der Waals surface area contributed by atoms with Gasteiger partial charge < -0.3 is 10.7 Å². The van der Waals surface area contributed by atoms with E-state index in [1.165, 1.54) is 12.4 Å². The number of anilines is 2. The number of nitrogen functional groups attached to an aromatic ring is 1. The molecule has 0 radical (unpaired) electrons. The zero-order valence-electron chi connectivity index (χ0n) is 9.35. The van der Waals surface area contributed by atoms with Gasteiger partial charge in [-0.1, -0.05) is 23.7 Å². The van der Waals surface area contributed by atoms with Crippen LogP contribution in [0.5, 0.6) is 0 Å². The van der Waals surface area contributed by atoms with Crippen molar-refractivity contribution in [2.45, 2.75) is 0 Å². The van der Waals surface area contributed by atoms with Gasteiger partial charge in [-0.15, -0.1) is 0 Å². The molecule has 2 rings (SSSR count). The summed E-state index contributed by atoms with van der Waals surface area (Å²) >= 11 is 5.96. The van der Waals surface area contributed by atoms with Crippen LogP contribution in [-0.4, -0.2) is 10.9 Å². The van der Waals surface area contributed by atoms with Gasteiger partial charge in [0.05, 0.1) is 28.2 Å². The Hall–Kier alpha value is -2.11. The fourth-order valence-electron chi connectivity index (χ4n) is 1.46.